The van der Waals surface area contributed by atoms with Crippen molar-refractivity contribution in [1.82, 2.24) is 9.97 Å². The van der Waals surface area contributed by atoms with Gasteiger partial charge in [0.05, 0.1) is 18.9 Å². The highest BCUT2D eigenvalue weighted by Gasteiger charge is 2.33. The van der Waals surface area contributed by atoms with Crippen molar-refractivity contribution in [3.63, 3.8) is 0 Å². The number of hydrogen-bond acceptors (Lipinski definition) is 3. The number of benzene rings is 1. The topological polar surface area (TPSA) is 70.9 Å². The SMILES string of the molecule is O=C(Cc1coc2cc(Cl)ccc12)Nc1ncc(C(F)(F)F)[nH]1. The molecule has 2 N–H and O–H groups in total. The first-order valence-electron chi connectivity index (χ1n) is 6.40. The zero-order valence-corrected chi connectivity index (χ0v) is 12.1. The fourth-order valence-corrected chi connectivity index (χ4v) is 2.23. The molecule has 23 heavy (non-hydrogen) atoms. The van der Waals surface area contributed by atoms with Gasteiger partial charge in [-0.2, -0.15) is 13.2 Å². The molecule has 0 atom stereocenters. The highest BCUT2D eigenvalue weighted by Crippen LogP contribution is 2.28. The minimum atomic E-state index is -4.55. The molecule has 3 rings (SSSR count). The number of nitrogens with one attached hydrogen (secondary N) is 2. The molecule has 9 heteroatoms. The van der Waals surface area contributed by atoms with Crippen molar-refractivity contribution in [3.05, 3.63) is 46.9 Å². The number of aromatic amines is 1. The summed E-state index contributed by atoms with van der Waals surface area (Å²) in [4.78, 5) is 17.4. The molecule has 0 aliphatic carbocycles. The molecular weight excluding hydrogens is 335 g/mol. The monoisotopic (exact) mass is 343 g/mol. The Morgan fingerprint density at radius 1 is 1.39 bits per heavy atom. The number of carbonyl (C=O) groups excluding carboxylic acids is 1. The highest BCUT2D eigenvalue weighted by molar-refractivity contribution is 6.31. The first-order chi connectivity index (χ1) is 10.8. The van der Waals surface area contributed by atoms with Gasteiger partial charge >= 0.3 is 6.18 Å². The van der Waals surface area contributed by atoms with Crippen LogP contribution in [0.25, 0.3) is 11.0 Å². The van der Waals surface area contributed by atoms with Gasteiger partial charge in [0.2, 0.25) is 11.9 Å². The third-order valence-corrected chi connectivity index (χ3v) is 3.34. The molecule has 0 radical (unpaired) electrons. The summed E-state index contributed by atoms with van der Waals surface area (Å²) in [7, 11) is 0. The Balaban J connectivity index is 1.72. The van der Waals surface area contributed by atoms with E-state index in [9.17, 15) is 18.0 Å². The average molecular weight is 344 g/mol. The van der Waals surface area contributed by atoms with Crippen molar-refractivity contribution in [1.29, 1.82) is 0 Å². The molecular formula is C14H9ClF3N3O2. The number of hydrogen-bond donors (Lipinski definition) is 2. The van der Waals surface area contributed by atoms with Crippen LogP contribution in [0, 0.1) is 0 Å². The van der Waals surface area contributed by atoms with Crippen LogP contribution in [0.4, 0.5) is 19.1 Å². The van der Waals surface area contributed by atoms with Crippen LogP contribution in [0.2, 0.25) is 5.02 Å². The third-order valence-electron chi connectivity index (χ3n) is 3.11. The van der Waals surface area contributed by atoms with E-state index in [-0.39, 0.29) is 12.4 Å². The number of alkyl halides is 3. The molecule has 0 aliphatic rings. The summed E-state index contributed by atoms with van der Waals surface area (Å²) < 4.78 is 42.6. The van der Waals surface area contributed by atoms with Gasteiger partial charge in [-0.05, 0) is 18.2 Å². The van der Waals surface area contributed by atoms with Crippen molar-refractivity contribution < 1.29 is 22.4 Å². The van der Waals surface area contributed by atoms with Gasteiger partial charge in [0.25, 0.3) is 0 Å². The van der Waals surface area contributed by atoms with Crippen molar-refractivity contribution in [2.24, 2.45) is 0 Å². The molecule has 1 aromatic carbocycles. The predicted molar refractivity (Wildman–Crippen MR) is 77.1 cm³/mol. The second-order valence-electron chi connectivity index (χ2n) is 4.77. The minimum absolute atomic E-state index is 0.0727. The normalized spacial score (nSPS) is 11.8. The van der Waals surface area contributed by atoms with E-state index in [1.54, 1.807) is 18.2 Å². The Morgan fingerprint density at radius 2 is 2.17 bits per heavy atom. The first-order valence-corrected chi connectivity index (χ1v) is 6.78. The standard InChI is InChI=1S/C14H9ClF3N3O2/c15-8-1-2-9-7(6-23-10(9)4-8)3-12(22)21-13-19-5-11(20-13)14(16,17)18/h1-2,4-6H,3H2,(H2,19,20,21,22). The predicted octanol–water partition coefficient (Wildman–Crippen LogP) is 4.01. The molecule has 0 fully saturated rings. The number of carbonyl (C=O) groups is 1. The second-order valence-corrected chi connectivity index (χ2v) is 5.21. The van der Waals surface area contributed by atoms with Crippen LogP contribution in [-0.2, 0) is 17.4 Å². The lowest BCUT2D eigenvalue weighted by Gasteiger charge is -2.02. The lowest BCUT2D eigenvalue weighted by atomic mass is 10.1. The van der Waals surface area contributed by atoms with Crippen LogP contribution in [0.15, 0.2) is 35.1 Å². The summed E-state index contributed by atoms with van der Waals surface area (Å²) in [5.74, 6) is -0.788. The molecule has 0 unspecified atom stereocenters. The Hall–Kier alpha value is -2.48. The molecule has 0 aliphatic heterocycles. The number of imidazole rings is 1. The van der Waals surface area contributed by atoms with Gasteiger partial charge in [0.15, 0.2) is 0 Å². The van der Waals surface area contributed by atoms with E-state index >= 15 is 0 Å². The van der Waals surface area contributed by atoms with E-state index < -0.39 is 17.8 Å². The van der Waals surface area contributed by atoms with Gasteiger partial charge in [-0.3, -0.25) is 10.1 Å². The summed E-state index contributed by atoms with van der Waals surface area (Å²) in [5.41, 5.74) is 0.0885. The zero-order chi connectivity index (χ0) is 16.6. The molecule has 0 spiro atoms. The molecule has 0 bridgehead atoms. The number of rotatable bonds is 3. The van der Waals surface area contributed by atoms with Gasteiger partial charge in [-0.15, -0.1) is 0 Å². The lowest BCUT2D eigenvalue weighted by Crippen LogP contribution is -2.15. The number of aromatic nitrogens is 2. The Bertz CT molecular complexity index is 870. The summed E-state index contributed by atoms with van der Waals surface area (Å²) in [6, 6.07) is 4.97. The maximum Gasteiger partial charge on any atom is 0.432 e. The Kier molecular flexibility index (Phi) is 3.77. The number of fused-ring (bicyclic) bond motifs is 1. The summed E-state index contributed by atoms with van der Waals surface area (Å²) >= 11 is 5.84. The first kappa shape index (κ1) is 15.4. The van der Waals surface area contributed by atoms with Gasteiger partial charge in [0, 0.05) is 16.0 Å². The molecule has 3 aromatic rings. The maximum absolute atomic E-state index is 12.4. The van der Waals surface area contributed by atoms with Crippen LogP contribution < -0.4 is 5.32 Å². The molecule has 2 aromatic heterocycles. The van der Waals surface area contributed by atoms with Crippen LogP contribution in [0.3, 0.4) is 0 Å². The van der Waals surface area contributed by atoms with Crippen molar-refractivity contribution in [3.8, 4) is 0 Å². The number of furan rings is 1. The number of H-pyrrole nitrogens is 1. The molecule has 1 amide bonds. The molecule has 2 heterocycles. The Labute approximate surface area is 132 Å². The van der Waals surface area contributed by atoms with Gasteiger partial charge in [0.1, 0.15) is 11.3 Å². The largest absolute Gasteiger partial charge is 0.464 e. The fraction of sp³-hybridized carbons (Fsp3) is 0.143. The minimum Gasteiger partial charge on any atom is -0.464 e. The number of halogens is 4. The molecule has 0 saturated carbocycles. The molecule has 5 nitrogen and oxygen atoms in total. The Morgan fingerprint density at radius 3 is 2.87 bits per heavy atom. The second kappa shape index (κ2) is 5.62. The summed E-state index contributed by atoms with van der Waals surface area (Å²) in [6.45, 7) is 0. The fourth-order valence-electron chi connectivity index (χ4n) is 2.07. The lowest BCUT2D eigenvalue weighted by molar-refractivity contribution is -0.140. The highest BCUT2D eigenvalue weighted by atomic mass is 35.5. The summed E-state index contributed by atoms with van der Waals surface area (Å²) in [6.07, 6.45) is -2.60. The van der Waals surface area contributed by atoms with E-state index in [1.165, 1.54) is 6.26 Å². The van der Waals surface area contributed by atoms with Gasteiger partial charge in [-0.1, -0.05) is 11.6 Å². The van der Waals surface area contributed by atoms with Crippen LogP contribution in [-0.4, -0.2) is 15.9 Å². The maximum atomic E-state index is 12.4. The molecule has 0 saturated heterocycles. The van der Waals surface area contributed by atoms with Crippen LogP contribution >= 0.6 is 11.6 Å². The zero-order valence-electron chi connectivity index (χ0n) is 11.4. The van der Waals surface area contributed by atoms with Crippen LogP contribution in [0.5, 0.6) is 0 Å². The van der Waals surface area contributed by atoms with Crippen molar-refractivity contribution >= 4 is 34.4 Å². The van der Waals surface area contributed by atoms with Crippen molar-refractivity contribution in [2.45, 2.75) is 12.6 Å². The van der Waals surface area contributed by atoms with Gasteiger partial charge in [-0.25, -0.2) is 4.98 Å². The molecule has 120 valence electrons. The van der Waals surface area contributed by atoms with Crippen molar-refractivity contribution in [2.75, 3.05) is 5.32 Å². The van der Waals surface area contributed by atoms with Crippen LogP contribution in [0.1, 0.15) is 11.3 Å². The van der Waals surface area contributed by atoms with E-state index in [1.807, 2.05) is 4.98 Å². The van der Waals surface area contributed by atoms with E-state index in [0.717, 1.165) is 0 Å². The van der Waals surface area contributed by atoms with E-state index in [2.05, 4.69) is 10.3 Å². The number of nitrogens with zero attached hydrogens (tertiary/aromatic N) is 1. The third kappa shape index (κ3) is 3.31. The summed E-state index contributed by atoms with van der Waals surface area (Å²) in [5, 5.41) is 3.48. The van der Waals surface area contributed by atoms with E-state index in [4.69, 9.17) is 16.0 Å². The number of anilines is 1. The number of amides is 1. The van der Waals surface area contributed by atoms with E-state index in [0.29, 0.717) is 27.8 Å². The van der Waals surface area contributed by atoms with Gasteiger partial charge < -0.3 is 9.40 Å². The quantitative estimate of drug-likeness (QED) is 0.755. The average Bonchev–Trinajstić information content (AvgIpc) is 3.05. The smallest absolute Gasteiger partial charge is 0.432 e.